The van der Waals surface area contributed by atoms with Crippen molar-refractivity contribution in [1.82, 2.24) is 20.2 Å². The Labute approximate surface area is 203 Å². The fourth-order valence-corrected chi connectivity index (χ4v) is 5.07. The zero-order valence-corrected chi connectivity index (χ0v) is 21.4. The molecule has 0 aromatic carbocycles. The van der Waals surface area contributed by atoms with Gasteiger partial charge in [0.05, 0.1) is 0 Å². The Bertz CT molecular complexity index is 970. The van der Waals surface area contributed by atoms with Crippen LogP contribution in [0.25, 0.3) is 0 Å². The lowest BCUT2D eigenvalue weighted by Gasteiger charge is -2.43. The zero-order valence-electron chi connectivity index (χ0n) is 21.4. The van der Waals surface area contributed by atoms with Gasteiger partial charge in [0.1, 0.15) is 11.4 Å². The molecule has 4 rings (SSSR count). The van der Waals surface area contributed by atoms with Crippen LogP contribution in [0.1, 0.15) is 91.2 Å². The molecule has 186 valence electrons. The normalized spacial score (nSPS) is 19.0. The highest BCUT2D eigenvalue weighted by atomic mass is 16.6. The number of rotatable bonds is 9. The van der Waals surface area contributed by atoms with Gasteiger partial charge in [0, 0.05) is 43.4 Å². The molecule has 2 aliphatic rings. The number of hydrogen-bond acceptors (Lipinski definition) is 7. The van der Waals surface area contributed by atoms with Crippen LogP contribution in [0.5, 0.6) is 0 Å². The molecule has 0 amide bonds. The maximum absolute atomic E-state index is 12.3. The Morgan fingerprint density at radius 1 is 1.29 bits per heavy atom. The van der Waals surface area contributed by atoms with E-state index in [2.05, 4.69) is 45.3 Å². The highest BCUT2D eigenvalue weighted by Gasteiger charge is 2.35. The number of piperidine rings is 1. The number of ether oxygens (including phenoxy) is 1. The number of hydrogen-bond donors (Lipinski definition) is 2. The third-order valence-corrected chi connectivity index (χ3v) is 7.09. The first-order chi connectivity index (χ1) is 16.1. The summed E-state index contributed by atoms with van der Waals surface area (Å²) < 4.78 is 5.53. The third-order valence-electron chi connectivity index (χ3n) is 7.09. The molecule has 0 radical (unpaired) electrons. The van der Waals surface area contributed by atoms with Gasteiger partial charge in [-0.15, -0.1) is 0 Å². The van der Waals surface area contributed by atoms with Gasteiger partial charge in [-0.05, 0) is 70.3 Å². The standard InChI is InChI=1S/C26H40N6O2/c1-6-26(17-18(2)15-23(33)34-25(3,4)5)10-13-32(14-11-26)24-27-12-9-21(29-24)28-22-16-20(30-31-22)19-7-8-19/h9,12,16,18-19H,6-8,10-11,13-15,17H2,1-5H3,(H2,27,28,29,30,31)/t18-/m1/s1. The fourth-order valence-electron chi connectivity index (χ4n) is 5.07. The van der Waals surface area contributed by atoms with Gasteiger partial charge in [-0.3, -0.25) is 9.89 Å². The van der Waals surface area contributed by atoms with E-state index in [1.165, 1.54) is 18.5 Å². The van der Waals surface area contributed by atoms with Crippen LogP contribution in [0.15, 0.2) is 18.3 Å². The summed E-state index contributed by atoms with van der Waals surface area (Å²) in [5.41, 5.74) is 1.02. The first-order valence-corrected chi connectivity index (χ1v) is 12.8. The lowest BCUT2D eigenvalue weighted by Crippen LogP contribution is -2.41. The molecule has 2 aromatic heterocycles. The highest BCUT2D eigenvalue weighted by molar-refractivity contribution is 5.70. The predicted octanol–water partition coefficient (Wildman–Crippen LogP) is 5.58. The number of aromatic amines is 1. The minimum absolute atomic E-state index is 0.0948. The average Bonchev–Trinajstić information content (AvgIpc) is 3.52. The lowest BCUT2D eigenvalue weighted by molar-refractivity contribution is -0.156. The van der Waals surface area contributed by atoms with E-state index < -0.39 is 5.60 Å². The van der Waals surface area contributed by atoms with E-state index in [4.69, 9.17) is 9.72 Å². The number of esters is 1. The van der Waals surface area contributed by atoms with Gasteiger partial charge in [-0.2, -0.15) is 10.1 Å². The van der Waals surface area contributed by atoms with Crippen LogP contribution < -0.4 is 10.2 Å². The van der Waals surface area contributed by atoms with E-state index >= 15 is 0 Å². The summed E-state index contributed by atoms with van der Waals surface area (Å²) in [6, 6.07) is 3.96. The first-order valence-electron chi connectivity index (χ1n) is 12.8. The summed E-state index contributed by atoms with van der Waals surface area (Å²) in [7, 11) is 0. The second-order valence-electron chi connectivity index (χ2n) is 11.3. The van der Waals surface area contributed by atoms with Crippen LogP contribution in [0, 0.1) is 11.3 Å². The van der Waals surface area contributed by atoms with Gasteiger partial charge in [0.2, 0.25) is 5.95 Å². The largest absolute Gasteiger partial charge is 0.460 e. The second kappa shape index (κ2) is 9.92. The maximum Gasteiger partial charge on any atom is 0.306 e. The van der Waals surface area contributed by atoms with Crippen molar-refractivity contribution < 1.29 is 9.53 Å². The van der Waals surface area contributed by atoms with Gasteiger partial charge >= 0.3 is 5.97 Å². The molecule has 2 aromatic rings. The van der Waals surface area contributed by atoms with E-state index in [-0.39, 0.29) is 11.4 Å². The monoisotopic (exact) mass is 468 g/mol. The minimum atomic E-state index is -0.426. The third kappa shape index (κ3) is 6.48. The van der Waals surface area contributed by atoms with E-state index in [0.29, 0.717) is 18.3 Å². The van der Waals surface area contributed by atoms with Crippen molar-refractivity contribution in [2.45, 2.75) is 91.1 Å². The smallest absolute Gasteiger partial charge is 0.306 e. The van der Waals surface area contributed by atoms with Crippen molar-refractivity contribution in [3.8, 4) is 0 Å². The minimum Gasteiger partial charge on any atom is -0.460 e. The Morgan fingerprint density at radius 2 is 2.03 bits per heavy atom. The zero-order chi connectivity index (χ0) is 24.3. The molecule has 8 nitrogen and oxygen atoms in total. The number of carbonyl (C=O) groups excluding carboxylic acids is 1. The van der Waals surface area contributed by atoms with Crippen LogP contribution in [-0.4, -0.2) is 44.8 Å². The summed E-state index contributed by atoms with van der Waals surface area (Å²) >= 11 is 0. The first kappa shape index (κ1) is 24.5. The average molecular weight is 469 g/mol. The van der Waals surface area contributed by atoms with E-state index in [1.807, 2.05) is 33.0 Å². The molecule has 1 aliphatic carbocycles. The molecule has 3 heterocycles. The van der Waals surface area contributed by atoms with Crippen molar-refractivity contribution in [1.29, 1.82) is 0 Å². The van der Waals surface area contributed by atoms with E-state index in [1.54, 1.807) is 0 Å². The number of aromatic nitrogens is 4. The second-order valence-corrected chi connectivity index (χ2v) is 11.3. The van der Waals surface area contributed by atoms with Crippen LogP contribution in [0.2, 0.25) is 0 Å². The number of carbonyl (C=O) groups is 1. The Balaban J connectivity index is 1.31. The quantitative estimate of drug-likeness (QED) is 0.464. The predicted molar refractivity (Wildman–Crippen MR) is 134 cm³/mol. The molecule has 34 heavy (non-hydrogen) atoms. The van der Waals surface area contributed by atoms with Crippen LogP contribution in [0.4, 0.5) is 17.6 Å². The lowest BCUT2D eigenvalue weighted by atomic mass is 9.70. The topological polar surface area (TPSA) is 96.0 Å². The molecule has 1 saturated heterocycles. The molecule has 1 saturated carbocycles. The number of nitrogens with zero attached hydrogens (tertiary/aromatic N) is 4. The molecular weight excluding hydrogens is 428 g/mol. The summed E-state index contributed by atoms with van der Waals surface area (Å²) in [6.07, 6.45) is 9.09. The highest BCUT2D eigenvalue weighted by Crippen LogP contribution is 2.42. The van der Waals surface area contributed by atoms with Crippen molar-refractivity contribution >= 4 is 23.6 Å². The van der Waals surface area contributed by atoms with Crippen molar-refractivity contribution in [3.63, 3.8) is 0 Å². The van der Waals surface area contributed by atoms with Crippen molar-refractivity contribution in [2.75, 3.05) is 23.3 Å². The molecule has 1 aliphatic heterocycles. The molecule has 0 unspecified atom stereocenters. The van der Waals surface area contributed by atoms with Gasteiger partial charge in [-0.1, -0.05) is 20.3 Å². The van der Waals surface area contributed by atoms with E-state index in [0.717, 1.165) is 56.4 Å². The maximum atomic E-state index is 12.3. The molecular formula is C26H40N6O2. The number of anilines is 3. The van der Waals surface area contributed by atoms with E-state index in [9.17, 15) is 4.79 Å². The number of nitrogens with one attached hydrogen (secondary N) is 2. The molecule has 2 fully saturated rings. The molecule has 0 bridgehead atoms. The van der Waals surface area contributed by atoms with Gasteiger partial charge in [0.15, 0.2) is 5.82 Å². The van der Waals surface area contributed by atoms with Gasteiger partial charge < -0.3 is 15.0 Å². The molecule has 0 spiro atoms. The summed E-state index contributed by atoms with van der Waals surface area (Å²) in [5.74, 6) is 3.17. The molecule has 2 N–H and O–H groups in total. The van der Waals surface area contributed by atoms with Crippen molar-refractivity contribution in [2.24, 2.45) is 11.3 Å². The SMILES string of the molecule is CCC1(C[C@H](C)CC(=O)OC(C)(C)C)CCN(c2nccc(Nc3cc(C4CC4)[nH]n3)n2)CC1. The Hall–Kier alpha value is -2.64. The Morgan fingerprint density at radius 3 is 2.68 bits per heavy atom. The van der Waals surface area contributed by atoms with Crippen LogP contribution >= 0.6 is 0 Å². The molecule has 8 heteroatoms. The molecule has 1 atom stereocenters. The van der Waals surface area contributed by atoms with Gasteiger partial charge in [0.25, 0.3) is 0 Å². The summed E-state index contributed by atoms with van der Waals surface area (Å²) in [6.45, 7) is 12.1. The Kier molecular flexibility index (Phi) is 7.14. The van der Waals surface area contributed by atoms with Crippen LogP contribution in [-0.2, 0) is 9.53 Å². The fraction of sp³-hybridized carbons (Fsp3) is 0.692. The summed E-state index contributed by atoms with van der Waals surface area (Å²) in [4.78, 5) is 23.9. The van der Waals surface area contributed by atoms with Crippen LogP contribution in [0.3, 0.4) is 0 Å². The summed E-state index contributed by atoms with van der Waals surface area (Å²) in [5, 5.41) is 10.8. The van der Waals surface area contributed by atoms with Gasteiger partial charge in [-0.25, -0.2) is 4.98 Å². The number of H-pyrrole nitrogens is 1. The van der Waals surface area contributed by atoms with Crippen molar-refractivity contribution in [3.05, 3.63) is 24.0 Å².